The minimum atomic E-state index is 0.404. The number of hydrogen-bond donors (Lipinski definition) is 1. The van der Waals surface area contributed by atoms with Crippen molar-refractivity contribution < 1.29 is 9.47 Å². The molecular formula is C14H21NO2. The minimum absolute atomic E-state index is 0.404. The van der Waals surface area contributed by atoms with E-state index in [-0.39, 0.29) is 0 Å². The second-order valence-corrected chi connectivity index (χ2v) is 4.88. The molecule has 0 spiro atoms. The van der Waals surface area contributed by atoms with E-state index >= 15 is 0 Å². The van der Waals surface area contributed by atoms with Gasteiger partial charge >= 0.3 is 0 Å². The SMILES string of the molecule is COc1ccc(COCC2(CCN)CC2)cc1. The van der Waals surface area contributed by atoms with Gasteiger partial charge < -0.3 is 15.2 Å². The highest BCUT2D eigenvalue weighted by Crippen LogP contribution is 2.48. The van der Waals surface area contributed by atoms with Crippen molar-refractivity contribution in [2.45, 2.75) is 25.9 Å². The zero-order valence-corrected chi connectivity index (χ0v) is 10.4. The lowest BCUT2D eigenvalue weighted by molar-refractivity contribution is 0.0756. The molecule has 0 atom stereocenters. The molecule has 2 rings (SSSR count). The standard InChI is InChI=1S/C14H21NO2/c1-16-13-4-2-12(3-5-13)10-17-11-14(6-7-14)8-9-15/h2-5H,6-11,15H2,1H3. The third-order valence-corrected chi connectivity index (χ3v) is 3.47. The molecule has 0 unspecified atom stereocenters. The average Bonchev–Trinajstić information content (AvgIpc) is 3.11. The Bertz CT molecular complexity index is 344. The Hall–Kier alpha value is -1.06. The van der Waals surface area contributed by atoms with Gasteiger partial charge in [-0.1, -0.05) is 12.1 Å². The van der Waals surface area contributed by atoms with Gasteiger partial charge in [-0.25, -0.2) is 0 Å². The van der Waals surface area contributed by atoms with Crippen LogP contribution in [0.5, 0.6) is 5.75 Å². The summed E-state index contributed by atoms with van der Waals surface area (Å²) in [6.45, 7) is 2.29. The van der Waals surface area contributed by atoms with E-state index in [1.165, 1.54) is 18.4 Å². The van der Waals surface area contributed by atoms with Gasteiger partial charge in [0, 0.05) is 0 Å². The molecule has 0 aliphatic heterocycles. The van der Waals surface area contributed by atoms with E-state index in [0.717, 1.165) is 25.3 Å². The van der Waals surface area contributed by atoms with Crippen LogP contribution in [-0.2, 0) is 11.3 Å². The lowest BCUT2D eigenvalue weighted by Gasteiger charge is -2.14. The Morgan fingerprint density at radius 2 is 1.94 bits per heavy atom. The molecule has 17 heavy (non-hydrogen) atoms. The molecule has 0 radical (unpaired) electrons. The molecule has 94 valence electrons. The van der Waals surface area contributed by atoms with Crippen molar-refractivity contribution in [3.05, 3.63) is 29.8 Å². The number of benzene rings is 1. The Kier molecular flexibility index (Phi) is 4.02. The monoisotopic (exact) mass is 235 g/mol. The van der Waals surface area contributed by atoms with E-state index in [2.05, 4.69) is 0 Å². The van der Waals surface area contributed by atoms with Crippen LogP contribution in [0.4, 0.5) is 0 Å². The largest absolute Gasteiger partial charge is 0.497 e. The lowest BCUT2D eigenvalue weighted by atomic mass is 10.0. The highest BCUT2D eigenvalue weighted by atomic mass is 16.5. The van der Waals surface area contributed by atoms with Gasteiger partial charge in [0.05, 0.1) is 20.3 Å². The molecule has 0 amide bonds. The Labute approximate surface area is 103 Å². The number of rotatable bonds is 7. The fourth-order valence-electron chi connectivity index (χ4n) is 2.06. The van der Waals surface area contributed by atoms with Gasteiger partial charge in [-0.3, -0.25) is 0 Å². The van der Waals surface area contributed by atoms with Crippen molar-refractivity contribution in [1.29, 1.82) is 0 Å². The summed E-state index contributed by atoms with van der Waals surface area (Å²) in [5.74, 6) is 0.885. The fourth-order valence-corrected chi connectivity index (χ4v) is 2.06. The molecule has 1 aromatic carbocycles. The van der Waals surface area contributed by atoms with Crippen molar-refractivity contribution >= 4 is 0 Å². The van der Waals surface area contributed by atoms with Crippen LogP contribution in [0.3, 0.4) is 0 Å². The van der Waals surface area contributed by atoms with E-state index in [9.17, 15) is 0 Å². The molecule has 2 N–H and O–H groups in total. The molecule has 1 aliphatic rings. The maximum atomic E-state index is 5.78. The zero-order chi connectivity index (χ0) is 12.1. The van der Waals surface area contributed by atoms with Crippen LogP contribution in [0.25, 0.3) is 0 Å². The summed E-state index contributed by atoms with van der Waals surface area (Å²) in [6.07, 6.45) is 3.63. The Balaban J connectivity index is 1.74. The summed E-state index contributed by atoms with van der Waals surface area (Å²) in [5.41, 5.74) is 7.19. The van der Waals surface area contributed by atoms with E-state index in [0.29, 0.717) is 12.0 Å². The maximum absolute atomic E-state index is 5.78. The second kappa shape index (κ2) is 5.52. The normalized spacial score (nSPS) is 16.8. The molecule has 1 saturated carbocycles. The van der Waals surface area contributed by atoms with E-state index in [4.69, 9.17) is 15.2 Å². The quantitative estimate of drug-likeness (QED) is 0.789. The Morgan fingerprint density at radius 1 is 1.24 bits per heavy atom. The second-order valence-electron chi connectivity index (χ2n) is 4.88. The topological polar surface area (TPSA) is 44.5 Å². The summed E-state index contributed by atoms with van der Waals surface area (Å²) in [6, 6.07) is 8.01. The molecule has 3 nitrogen and oxygen atoms in total. The molecular weight excluding hydrogens is 214 g/mol. The molecule has 1 fully saturated rings. The van der Waals surface area contributed by atoms with Crippen LogP contribution in [0, 0.1) is 5.41 Å². The molecule has 1 aliphatic carbocycles. The minimum Gasteiger partial charge on any atom is -0.497 e. The van der Waals surface area contributed by atoms with Crippen LogP contribution < -0.4 is 10.5 Å². The molecule has 0 heterocycles. The number of methoxy groups -OCH3 is 1. The third kappa shape index (κ3) is 3.45. The average molecular weight is 235 g/mol. The molecule has 1 aromatic rings. The van der Waals surface area contributed by atoms with E-state index in [1.807, 2.05) is 24.3 Å². The van der Waals surface area contributed by atoms with Crippen molar-refractivity contribution in [2.75, 3.05) is 20.3 Å². The first-order chi connectivity index (χ1) is 8.28. The summed E-state index contributed by atoms with van der Waals surface area (Å²) >= 11 is 0. The first-order valence-corrected chi connectivity index (χ1v) is 6.19. The molecule has 0 aromatic heterocycles. The van der Waals surface area contributed by atoms with Crippen LogP contribution in [0.1, 0.15) is 24.8 Å². The summed E-state index contributed by atoms with van der Waals surface area (Å²) in [7, 11) is 1.68. The lowest BCUT2D eigenvalue weighted by Crippen LogP contribution is -2.15. The maximum Gasteiger partial charge on any atom is 0.118 e. The van der Waals surface area contributed by atoms with Crippen molar-refractivity contribution in [2.24, 2.45) is 11.1 Å². The van der Waals surface area contributed by atoms with Gasteiger partial charge in [0.1, 0.15) is 5.75 Å². The van der Waals surface area contributed by atoms with Gasteiger partial charge in [0.25, 0.3) is 0 Å². The highest BCUT2D eigenvalue weighted by molar-refractivity contribution is 5.26. The highest BCUT2D eigenvalue weighted by Gasteiger charge is 2.41. The van der Waals surface area contributed by atoms with Gasteiger partial charge in [-0.05, 0) is 48.9 Å². The molecule has 0 saturated heterocycles. The van der Waals surface area contributed by atoms with E-state index in [1.54, 1.807) is 7.11 Å². The fraction of sp³-hybridized carbons (Fsp3) is 0.571. The van der Waals surface area contributed by atoms with Gasteiger partial charge in [0.15, 0.2) is 0 Å². The molecule has 0 bridgehead atoms. The van der Waals surface area contributed by atoms with Crippen LogP contribution in [-0.4, -0.2) is 20.3 Å². The number of hydrogen-bond acceptors (Lipinski definition) is 3. The Morgan fingerprint density at radius 3 is 2.47 bits per heavy atom. The smallest absolute Gasteiger partial charge is 0.118 e. The summed E-state index contributed by atoms with van der Waals surface area (Å²) < 4.78 is 10.9. The summed E-state index contributed by atoms with van der Waals surface area (Å²) in [4.78, 5) is 0. The predicted octanol–water partition coefficient (Wildman–Crippen LogP) is 2.34. The van der Waals surface area contributed by atoms with Crippen molar-refractivity contribution in [3.63, 3.8) is 0 Å². The van der Waals surface area contributed by atoms with Crippen LogP contribution in [0.15, 0.2) is 24.3 Å². The predicted molar refractivity (Wildman–Crippen MR) is 68.0 cm³/mol. The van der Waals surface area contributed by atoms with Gasteiger partial charge in [-0.2, -0.15) is 0 Å². The third-order valence-electron chi connectivity index (χ3n) is 3.47. The van der Waals surface area contributed by atoms with Gasteiger partial charge in [0.2, 0.25) is 0 Å². The first kappa shape index (κ1) is 12.4. The first-order valence-electron chi connectivity index (χ1n) is 6.19. The van der Waals surface area contributed by atoms with E-state index < -0.39 is 0 Å². The zero-order valence-electron chi connectivity index (χ0n) is 10.4. The van der Waals surface area contributed by atoms with Crippen molar-refractivity contribution in [1.82, 2.24) is 0 Å². The number of nitrogens with two attached hydrogens (primary N) is 1. The van der Waals surface area contributed by atoms with Gasteiger partial charge in [-0.15, -0.1) is 0 Å². The van der Waals surface area contributed by atoms with Crippen molar-refractivity contribution in [3.8, 4) is 5.75 Å². The number of ether oxygens (including phenoxy) is 2. The summed E-state index contributed by atoms with van der Waals surface area (Å²) in [5, 5.41) is 0. The molecule has 3 heteroatoms. The van der Waals surface area contributed by atoms with Crippen LogP contribution >= 0.6 is 0 Å². The van der Waals surface area contributed by atoms with Crippen LogP contribution in [0.2, 0.25) is 0 Å².